The van der Waals surface area contributed by atoms with Gasteiger partial charge in [0.2, 0.25) is 0 Å². The van der Waals surface area contributed by atoms with Gasteiger partial charge in [-0.25, -0.2) is 0 Å². The van der Waals surface area contributed by atoms with E-state index in [1.54, 1.807) is 12.1 Å². The summed E-state index contributed by atoms with van der Waals surface area (Å²) in [6.07, 6.45) is 3.47. The number of hydrogen-bond acceptors (Lipinski definition) is 3. The first-order valence-electron chi connectivity index (χ1n) is 6.52. The fraction of sp³-hybridized carbons (Fsp3) is 0.533. The summed E-state index contributed by atoms with van der Waals surface area (Å²) < 4.78 is 0. The Morgan fingerprint density at radius 3 is 2.44 bits per heavy atom. The van der Waals surface area contributed by atoms with Gasteiger partial charge in [-0.3, -0.25) is 4.79 Å². The van der Waals surface area contributed by atoms with Crippen molar-refractivity contribution in [1.29, 1.82) is 0 Å². The van der Waals surface area contributed by atoms with Crippen LogP contribution in [0.25, 0.3) is 0 Å². The number of ketones is 1. The van der Waals surface area contributed by atoms with E-state index in [0.29, 0.717) is 12.2 Å². The first-order chi connectivity index (χ1) is 8.54. The third kappa shape index (κ3) is 2.41. The maximum absolute atomic E-state index is 12.3. The maximum atomic E-state index is 12.3. The number of Topliss-reactive ketones (excluding diaryl/α,β-unsaturated/α-hetero) is 1. The van der Waals surface area contributed by atoms with Gasteiger partial charge < -0.3 is 10.0 Å². The monoisotopic (exact) mass is 247 g/mol. The largest absolute Gasteiger partial charge is 0.508 e. The number of rotatable bonds is 4. The van der Waals surface area contributed by atoms with Gasteiger partial charge >= 0.3 is 0 Å². The van der Waals surface area contributed by atoms with Crippen molar-refractivity contribution in [3.05, 3.63) is 29.8 Å². The quantitative estimate of drug-likeness (QED) is 0.887. The van der Waals surface area contributed by atoms with Gasteiger partial charge in [0.1, 0.15) is 11.5 Å². The Morgan fingerprint density at radius 2 is 1.94 bits per heavy atom. The Morgan fingerprint density at radius 1 is 1.28 bits per heavy atom. The molecule has 0 amide bonds. The van der Waals surface area contributed by atoms with Crippen LogP contribution in [0.2, 0.25) is 0 Å². The molecule has 2 rings (SSSR count). The predicted octanol–water partition coefficient (Wildman–Crippen LogP) is 2.33. The van der Waals surface area contributed by atoms with Crippen molar-refractivity contribution in [2.75, 3.05) is 20.6 Å². The highest BCUT2D eigenvalue weighted by Gasteiger charge is 2.42. The molecule has 0 saturated heterocycles. The van der Waals surface area contributed by atoms with E-state index in [2.05, 4.69) is 4.90 Å². The van der Waals surface area contributed by atoms with Gasteiger partial charge in [-0.2, -0.15) is 0 Å². The Bertz CT molecular complexity index is 425. The summed E-state index contributed by atoms with van der Waals surface area (Å²) in [6.45, 7) is 0.909. The van der Waals surface area contributed by atoms with Crippen molar-refractivity contribution in [1.82, 2.24) is 4.90 Å². The van der Waals surface area contributed by atoms with Gasteiger partial charge in [-0.1, -0.05) is 12.1 Å². The van der Waals surface area contributed by atoms with Gasteiger partial charge in [-0.05, 0) is 57.6 Å². The number of benzene rings is 1. The van der Waals surface area contributed by atoms with Crippen LogP contribution in [0, 0.1) is 0 Å². The molecule has 18 heavy (non-hydrogen) atoms. The van der Waals surface area contributed by atoms with Crippen LogP contribution in [0.15, 0.2) is 24.3 Å². The minimum Gasteiger partial charge on any atom is -0.508 e. The van der Waals surface area contributed by atoms with E-state index in [1.165, 1.54) is 0 Å². The molecule has 0 heterocycles. The van der Waals surface area contributed by atoms with Crippen molar-refractivity contribution in [3.63, 3.8) is 0 Å². The second-order valence-corrected chi connectivity index (χ2v) is 5.46. The highest BCUT2D eigenvalue weighted by molar-refractivity contribution is 5.92. The summed E-state index contributed by atoms with van der Waals surface area (Å²) in [4.78, 5) is 14.4. The second-order valence-electron chi connectivity index (χ2n) is 5.46. The summed E-state index contributed by atoms with van der Waals surface area (Å²) in [7, 11) is 4.06. The van der Waals surface area contributed by atoms with Gasteiger partial charge in [0.25, 0.3) is 0 Å². The zero-order chi connectivity index (χ0) is 13.2. The molecule has 0 aromatic heterocycles. The third-order valence-corrected chi connectivity index (χ3v) is 3.95. The summed E-state index contributed by atoms with van der Waals surface area (Å²) in [5, 5.41) is 9.37. The van der Waals surface area contributed by atoms with Crippen LogP contribution >= 0.6 is 0 Å². The van der Waals surface area contributed by atoms with Crippen LogP contribution in [-0.2, 0) is 10.2 Å². The molecule has 1 aliphatic rings. The van der Waals surface area contributed by atoms with Crippen LogP contribution in [0.4, 0.5) is 0 Å². The molecule has 1 unspecified atom stereocenters. The van der Waals surface area contributed by atoms with Crippen LogP contribution in [0.5, 0.6) is 5.75 Å². The lowest BCUT2D eigenvalue weighted by Crippen LogP contribution is -2.34. The standard InChI is InChI=1S/C15H21NO2/c1-16(2)11-10-15(9-3-4-14(15)18)12-5-7-13(17)8-6-12/h5-8,17H,3-4,9-11H2,1-2H3. The predicted molar refractivity (Wildman–Crippen MR) is 71.8 cm³/mol. The van der Waals surface area contributed by atoms with E-state index in [9.17, 15) is 9.90 Å². The van der Waals surface area contributed by atoms with Crippen molar-refractivity contribution < 1.29 is 9.90 Å². The Kier molecular flexibility index (Phi) is 3.71. The van der Waals surface area contributed by atoms with Gasteiger partial charge in [0, 0.05) is 6.42 Å². The van der Waals surface area contributed by atoms with E-state index < -0.39 is 0 Å². The molecular formula is C15H21NO2. The van der Waals surface area contributed by atoms with E-state index in [0.717, 1.165) is 31.4 Å². The number of aromatic hydroxyl groups is 1. The van der Waals surface area contributed by atoms with Crippen LogP contribution < -0.4 is 0 Å². The number of phenolic OH excluding ortho intramolecular Hbond substituents is 1. The van der Waals surface area contributed by atoms with Gasteiger partial charge in [0.05, 0.1) is 5.41 Å². The first-order valence-corrected chi connectivity index (χ1v) is 6.52. The minimum atomic E-state index is -0.321. The molecule has 0 radical (unpaired) electrons. The van der Waals surface area contributed by atoms with Gasteiger partial charge in [-0.15, -0.1) is 0 Å². The summed E-state index contributed by atoms with van der Waals surface area (Å²) in [5.41, 5.74) is 0.738. The zero-order valence-corrected chi connectivity index (χ0v) is 11.1. The first kappa shape index (κ1) is 13.1. The second kappa shape index (κ2) is 5.11. The number of hydrogen-bond donors (Lipinski definition) is 1. The number of carbonyl (C=O) groups is 1. The summed E-state index contributed by atoms with van der Waals surface area (Å²) >= 11 is 0. The summed E-state index contributed by atoms with van der Waals surface area (Å²) in [5.74, 6) is 0.613. The lowest BCUT2D eigenvalue weighted by Gasteiger charge is -2.29. The van der Waals surface area contributed by atoms with E-state index >= 15 is 0 Å². The molecule has 0 spiro atoms. The third-order valence-electron chi connectivity index (χ3n) is 3.95. The molecule has 1 aromatic rings. The normalized spacial score (nSPS) is 23.8. The smallest absolute Gasteiger partial charge is 0.143 e. The molecule has 1 aliphatic carbocycles. The highest BCUT2D eigenvalue weighted by Crippen LogP contribution is 2.41. The zero-order valence-electron chi connectivity index (χ0n) is 11.1. The molecule has 1 aromatic carbocycles. The molecule has 0 bridgehead atoms. The highest BCUT2D eigenvalue weighted by atomic mass is 16.3. The minimum absolute atomic E-state index is 0.256. The fourth-order valence-electron chi connectivity index (χ4n) is 2.84. The Labute approximate surface area is 108 Å². The van der Waals surface area contributed by atoms with Crippen molar-refractivity contribution in [2.24, 2.45) is 0 Å². The maximum Gasteiger partial charge on any atom is 0.143 e. The van der Waals surface area contributed by atoms with Gasteiger partial charge in [0.15, 0.2) is 0 Å². The average Bonchev–Trinajstić information content (AvgIpc) is 2.70. The summed E-state index contributed by atoms with van der Waals surface area (Å²) in [6, 6.07) is 7.15. The molecule has 3 nitrogen and oxygen atoms in total. The topological polar surface area (TPSA) is 40.5 Å². The average molecular weight is 247 g/mol. The number of phenols is 1. The van der Waals surface area contributed by atoms with Crippen molar-refractivity contribution >= 4 is 5.78 Å². The lowest BCUT2D eigenvalue weighted by atomic mass is 9.75. The van der Waals surface area contributed by atoms with Crippen LogP contribution in [0.3, 0.4) is 0 Å². The molecular weight excluding hydrogens is 226 g/mol. The van der Waals surface area contributed by atoms with Crippen LogP contribution in [0.1, 0.15) is 31.2 Å². The molecule has 1 N–H and O–H groups in total. The van der Waals surface area contributed by atoms with E-state index in [4.69, 9.17) is 0 Å². The van der Waals surface area contributed by atoms with Crippen molar-refractivity contribution in [3.8, 4) is 5.75 Å². The lowest BCUT2D eigenvalue weighted by molar-refractivity contribution is -0.122. The molecule has 1 fully saturated rings. The molecule has 1 saturated carbocycles. The van der Waals surface area contributed by atoms with Crippen molar-refractivity contribution in [2.45, 2.75) is 31.1 Å². The molecule has 3 heteroatoms. The van der Waals surface area contributed by atoms with E-state index in [-0.39, 0.29) is 11.2 Å². The number of carbonyl (C=O) groups excluding carboxylic acids is 1. The number of nitrogens with zero attached hydrogens (tertiary/aromatic N) is 1. The molecule has 0 aliphatic heterocycles. The fourth-order valence-corrected chi connectivity index (χ4v) is 2.84. The SMILES string of the molecule is CN(C)CCC1(c2ccc(O)cc2)CCCC1=O. The molecule has 98 valence electrons. The van der Waals surface area contributed by atoms with E-state index in [1.807, 2.05) is 26.2 Å². The Balaban J connectivity index is 2.30. The molecule has 1 atom stereocenters. The van der Waals surface area contributed by atoms with Crippen LogP contribution in [-0.4, -0.2) is 36.4 Å². The Hall–Kier alpha value is -1.35.